The van der Waals surface area contributed by atoms with Crippen molar-refractivity contribution in [3.63, 3.8) is 0 Å². The molecule has 0 spiro atoms. The number of hydrogen-bond donors (Lipinski definition) is 1. The fourth-order valence-corrected chi connectivity index (χ4v) is 2.73. The maximum atomic E-state index is 5.34. The first kappa shape index (κ1) is 14.4. The molecule has 1 aromatic carbocycles. The second kappa shape index (κ2) is 6.96. The van der Waals surface area contributed by atoms with Crippen LogP contribution < -0.4 is 14.8 Å². The number of ether oxygens (including phenoxy) is 2. The van der Waals surface area contributed by atoms with E-state index in [4.69, 9.17) is 9.47 Å². The van der Waals surface area contributed by atoms with Gasteiger partial charge in [-0.1, -0.05) is 28.1 Å². The van der Waals surface area contributed by atoms with Crippen molar-refractivity contribution in [1.29, 1.82) is 0 Å². The van der Waals surface area contributed by atoms with Gasteiger partial charge < -0.3 is 14.8 Å². The molecular weight excluding hydrogens is 306 g/mol. The zero-order valence-corrected chi connectivity index (χ0v) is 13.0. The summed E-state index contributed by atoms with van der Waals surface area (Å²) in [7, 11) is 3.31. The Morgan fingerprint density at radius 1 is 1.21 bits per heavy atom. The zero-order chi connectivity index (χ0) is 13.7. The van der Waals surface area contributed by atoms with E-state index in [2.05, 4.69) is 33.4 Å². The predicted molar refractivity (Wildman–Crippen MR) is 80.9 cm³/mol. The Bertz CT molecular complexity index is 460. The molecule has 19 heavy (non-hydrogen) atoms. The number of hydrogen-bond acceptors (Lipinski definition) is 3. The van der Waals surface area contributed by atoms with Gasteiger partial charge in [-0.15, -0.1) is 0 Å². The maximum absolute atomic E-state index is 5.34. The van der Waals surface area contributed by atoms with Crippen LogP contribution in [-0.4, -0.2) is 20.3 Å². The lowest BCUT2D eigenvalue weighted by Crippen LogP contribution is -2.29. The molecule has 1 aromatic rings. The molecule has 0 radical (unpaired) electrons. The number of benzene rings is 1. The Balaban J connectivity index is 2.05. The maximum Gasteiger partial charge on any atom is 0.161 e. The Labute approximate surface area is 123 Å². The van der Waals surface area contributed by atoms with Crippen molar-refractivity contribution >= 4 is 15.9 Å². The van der Waals surface area contributed by atoms with Crippen LogP contribution in [0.4, 0.5) is 0 Å². The van der Waals surface area contributed by atoms with Gasteiger partial charge in [0.05, 0.1) is 14.2 Å². The van der Waals surface area contributed by atoms with Gasteiger partial charge in [0.2, 0.25) is 0 Å². The van der Waals surface area contributed by atoms with Gasteiger partial charge in [-0.2, -0.15) is 0 Å². The van der Waals surface area contributed by atoms with Crippen LogP contribution in [-0.2, 0) is 6.54 Å². The number of allylic oxidation sites excluding steroid dienone is 1. The highest BCUT2D eigenvalue weighted by molar-refractivity contribution is 9.10. The quantitative estimate of drug-likeness (QED) is 0.838. The van der Waals surface area contributed by atoms with Crippen molar-refractivity contribution in [2.24, 2.45) is 0 Å². The molecule has 1 atom stereocenters. The molecule has 104 valence electrons. The van der Waals surface area contributed by atoms with Crippen molar-refractivity contribution in [3.05, 3.63) is 34.3 Å². The molecule has 4 heteroatoms. The summed E-state index contributed by atoms with van der Waals surface area (Å²) in [4.78, 5) is 0. The van der Waals surface area contributed by atoms with Crippen LogP contribution >= 0.6 is 15.9 Å². The average molecular weight is 326 g/mol. The van der Waals surface area contributed by atoms with Crippen LogP contribution in [0.5, 0.6) is 11.5 Å². The SMILES string of the molecule is COc1cc(Br)c(CNC2CC=CCC2)cc1OC. The smallest absolute Gasteiger partial charge is 0.161 e. The van der Waals surface area contributed by atoms with E-state index in [1.54, 1.807) is 14.2 Å². The summed E-state index contributed by atoms with van der Waals surface area (Å²) in [6.07, 6.45) is 8.01. The monoisotopic (exact) mass is 325 g/mol. The van der Waals surface area contributed by atoms with Crippen molar-refractivity contribution in [2.75, 3.05) is 14.2 Å². The van der Waals surface area contributed by atoms with E-state index in [0.717, 1.165) is 28.9 Å². The van der Waals surface area contributed by atoms with Crippen LogP contribution in [0.3, 0.4) is 0 Å². The second-order valence-corrected chi connectivity index (χ2v) is 5.52. The van der Waals surface area contributed by atoms with E-state index in [9.17, 15) is 0 Å². The van der Waals surface area contributed by atoms with Crippen LogP contribution in [0.2, 0.25) is 0 Å². The number of nitrogens with one attached hydrogen (secondary N) is 1. The number of rotatable bonds is 5. The van der Waals surface area contributed by atoms with Crippen molar-refractivity contribution in [2.45, 2.75) is 31.8 Å². The molecule has 1 N–H and O–H groups in total. The molecule has 0 saturated heterocycles. The lowest BCUT2D eigenvalue weighted by Gasteiger charge is -2.20. The summed E-state index contributed by atoms with van der Waals surface area (Å²) < 4.78 is 11.7. The highest BCUT2D eigenvalue weighted by atomic mass is 79.9. The molecule has 0 fully saturated rings. The first-order valence-electron chi connectivity index (χ1n) is 6.53. The standard InChI is InChI=1S/C15H20BrNO2/c1-18-14-8-11(13(16)9-15(14)19-2)10-17-12-6-4-3-5-7-12/h3-4,8-9,12,17H,5-7,10H2,1-2H3. The molecule has 0 amide bonds. The third kappa shape index (κ3) is 3.74. The van der Waals surface area contributed by atoms with E-state index in [0.29, 0.717) is 6.04 Å². The Kier molecular flexibility index (Phi) is 5.28. The van der Waals surface area contributed by atoms with Crippen LogP contribution in [0.25, 0.3) is 0 Å². The van der Waals surface area contributed by atoms with Crippen molar-refractivity contribution in [1.82, 2.24) is 5.32 Å². The van der Waals surface area contributed by atoms with E-state index < -0.39 is 0 Å². The molecule has 0 aliphatic heterocycles. The predicted octanol–water partition coefficient (Wildman–Crippen LogP) is 3.66. The Morgan fingerprint density at radius 3 is 2.58 bits per heavy atom. The minimum Gasteiger partial charge on any atom is -0.493 e. The highest BCUT2D eigenvalue weighted by Crippen LogP contribution is 2.33. The van der Waals surface area contributed by atoms with Crippen molar-refractivity contribution < 1.29 is 9.47 Å². The van der Waals surface area contributed by atoms with Gasteiger partial charge in [-0.25, -0.2) is 0 Å². The molecule has 1 unspecified atom stereocenters. The van der Waals surface area contributed by atoms with E-state index in [1.165, 1.54) is 18.4 Å². The summed E-state index contributed by atoms with van der Waals surface area (Å²) in [5, 5.41) is 3.59. The molecular formula is C15H20BrNO2. The first-order valence-corrected chi connectivity index (χ1v) is 7.32. The Morgan fingerprint density at radius 2 is 1.95 bits per heavy atom. The zero-order valence-electron chi connectivity index (χ0n) is 11.4. The summed E-state index contributed by atoms with van der Waals surface area (Å²) in [6.45, 7) is 0.833. The number of halogens is 1. The minimum atomic E-state index is 0.574. The molecule has 1 aliphatic carbocycles. The van der Waals surface area contributed by atoms with Gasteiger partial charge in [0.25, 0.3) is 0 Å². The molecule has 3 nitrogen and oxygen atoms in total. The fraction of sp³-hybridized carbons (Fsp3) is 0.467. The van der Waals surface area contributed by atoms with Crippen LogP contribution in [0, 0.1) is 0 Å². The molecule has 0 saturated carbocycles. The summed E-state index contributed by atoms with van der Waals surface area (Å²) >= 11 is 3.59. The minimum absolute atomic E-state index is 0.574. The van der Waals surface area contributed by atoms with Gasteiger partial charge in [0.15, 0.2) is 11.5 Å². The summed E-state index contributed by atoms with van der Waals surface area (Å²) in [5.74, 6) is 1.52. The molecule has 0 heterocycles. The molecule has 0 bridgehead atoms. The molecule has 2 rings (SSSR count). The van der Waals surface area contributed by atoms with E-state index >= 15 is 0 Å². The van der Waals surface area contributed by atoms with Crippen LogP contribution in [0.1, 0.15) is 24.8 Å². The topological polar surface area (TPSA) is 30.5 Å². The second-order valence-electron chi connectivity index (χ2n) is 4.66. The normalized spacial score (nSPS) is 18.4. The van der Waals surface area contributed by atoms with Gasteiger partial charge in [0, 0.05) is 17.1 Å². The Hall–Kier alpha value is -1.00. The first-order chi connectivity index (χ1) is 9.24. The lowest BCUT2D eigenvalue weighted by atomic mass is 10.0. The van der Waals surface area contributed by atoms with Crippen LogP contribution in [0.15, 0.2) is 28.8 Å². The third-order valence-corrected chi connectivity index (χ3v) is 4.14. The molecule has 0 aromatic heterocycles. The lowest BCUT2D eigenvalue weighted by molar-refractivity contribution is 0.354. The fourth-order valence-electron chi connectivity index (χ4n) is 2.27. The van der Waals surface area contributed by atoms with Crippen molar-refractivity contribution in [3.8, 4) is 11.5 Å². The largest absolute Gasteiger partial charge is 0.493 e. The summed E-state index contributed by atoms with van der Waals surface area (Å²) in [6, 6.07) is 4.55. The summed E-state index contributed by atoms with van der Waals surface area (Å²) in [5.41, 5.74) is 1.19. The van der Waals surface area contributed by atoms with Gasteiger partial charge in [-0.05, 0) is 37.0 Å². The average Bonchev–Trinajstić information content (AvgIpc) is 2.46. The third-order valence-electron chi connectivity index (χ3n) is 3.40. The van der Waals surface area contributed by atoms with Gasteiger partial charge in [0.1, 0.15) is 0 Å². The number of methoxy groups -OCH3 is 2. The molecule has 1 aliphatic rings. The van der Waals surface area contributed by atoms with E-state index in [-0.39, 0.29) is 0 Å². The van der Waals surface area contributed by atoms with E-state index in [1.807, 2.05) is 12.1 Å². The highest BCUT2D eigenvalue weighted by Gasteiger charge is 2.12. The van der Waals surface area contributed by atoms with Gasteiger partial charge in [-0.3, -0.25) is 0 Å². The van der Waals surface area contributed by atoms with Gasteiger partial charge >= 0.3 is 0 Å².